The number of rotatable bonds is 4. The van der Waals surface area contributed by atoms with E-state index in [1.807, 2.05) is 19.9 Å². The molecular weight excluding hydrogens is 266 g/mol. The first-order chi connectivity index (χ1) is 10.1. The summed E-state index contributed by atoms with van der Waals surface area (Å²) in [6, 6.07) is 4.55. The average Bonchev–Trinajstić information content (AvgIpc) is 2.51. The molecule has 0 aromatic heterocycles. The molecule has 0 spiro atoms. The molecule has 116 valence electrons. The summed E-state index contributed by atoms with van der Waals surface area (Å²) in [4.78, 5) is 14.4. The second-order valence-corrected chi connectivity index (χ2v) is 5.58. The Morgan fingerprint density at radius 3 is 2.57 bits per heavy atom. The Bertz CT molecular complexity index is 507. The van der Waals surface area contributed by atoms with Crippen molar-refractivity contribution >= 4 is 11.7 Å². The molecule has 0 unspecified atom stereocenters. The standard InChI is InChI=1S/C17H25NO3/c1-5-18(14-6-8-21-9-7-14)16-11-12(2)10-15(13(16)3)17(19)20-4/h10-11,14H,5-9H2,1-4H3. The van der Waals surface area contributed by atoms with Crippen molar-refractivity contribution < 1.29 is 14.3 Å². The first-order valence-corrected chi connectivity index (χ1v) is 7.62. The number of anilines is 1. The van der Waals surface area contributed by atoms with Gasteiger partial charge in [0.2, 0.25) is 0 Å². The zero-order valence-electron chi connectivity index (χ0n) is 13.4. The number of carbonyl (C=O) groups is 1. The van der Waals surface area contributed by atoms with Crippen molar-refractivity contribution in [2.75, 3.05) is 31.8 Å². The number of nitrogens with zero attached hydrogens (tertiary/aromatic N) is 1. The molecule has 1 aliphatic heterocycles. The second-order valence-electron chi connectivity index (χ2n) is 5.58. The summed E-state index contributed by atoms with van der Waals surface area (Å²) in [7, 11) is 1.43. The lowest BCUT2D eigenvalue weighted by molar-refractivity contribution is 0.0599. The molecule has 0 bridgehead atoms. The van der Waals surface area contributed by atoms with E-state index >= 15 is 0 Å². The summed E-state index contributed by atoms with van der Waals surface area (Å²) >= 11 is 0. The minimum Gasteiger partial charge on any atom is -0.465 e. The largest absolute Gasteiger partial charge is 0.465 e. The molecule has 21 heavy (non-hydrogen) atoms. The fourth-order valence-electron chi connectivity index (χ4n) is 3.08. The van der Waals surface area contributed by atoms with E-state index in [-0.39, 0.29) is 5.97 Å². The molecule has 0 saturated carbocycles. The Kier molecular flexibility index (Phi) is 5.23. The van der Waals surface area contributed by atoms with Gasteiger partial charge in [0, 0.05) is 31.5 Å². The van der Waals surface area contributed by atoms with Gasteiger partial charge in [-0.05, 0) is 56.9 Å². The van der Waals surface area contributed by atoms with E-state index in [1.54, 1.807) is 0 Å². The molecule has 0 radical (unpaired) electrons. The van der Waals surface area contributed by atoms with Gasteiger partial charge in [-0.1, -0.05) is 0 Å². The van der Waals surface area contributed by atoms with Crippen molar-refractivity contribution in [3.05, 3.63) is 28.8 Å². The fraction of sp³-hybridized carbons (Fsp3) is 0.588. The van der Waals surface area contributed by atoms with E-state index in [1.165, 1.54) is 7.11 Å². The molecule has 4 heteroatoms. The van der Waals surface area contributed by atoms with E-state index in [0.717, 1.165) is 49.4 Å². The maximum Gasteiger partial charge on any atom is 0.338 e. The van der Waals surface area contributed by atoms with Gasteiger partial charge in [0.25, 0.3) is 0 Å². The van der Waals surface area contributed by atoms with Crippen LogP contribution in [0, 0.1) is 13.8 Å². The summed E-state index contributed by atoms with van der Waals surface area (Å²) < 4.78 is 10.4. The highest BCUT2D eigenvalue weighted by Gasteiger charge is 2.24. The zero-order chi connectivity index (χ0) is 15.4. The first-order valence-electron chi connectivity index (χ1n) is 7.62. The fourth-order valence-corrected chi connectivity index (χ4v) is 3.08. The monoisotopic (exact) mass is 291 g/mol. The van der Waals surface area contributed by atoms with Crippen LogP contribution in [0.1, 0.15) is 41.3 Å². The van der Waals surface area contributed by atoms with Gasteiger partial charge in [0.1, 0.15) is 0 Å². The van der Waals surface area contributed by atoms with Gasteiger partial charge in [0.15, 0.2) is 0 Å². The van der Waals surface area contributed by atoms with Gasteiger partial charge in [-0.2, -0.15) is 0 Å². The lowest BCUT2D eigenvalue weighted by atomic mass is 9.99. The van der Waals surface area contributed by atoms with Crippen LogP contribution in [0.2, 0.25) is 0 Å². The van der Waals surface area contributed by atoms with Crippen molar-refractivity contribution in [1.29, 1.82) is 0 Å². The number of benzene rings is 1. The predicted molar refractivity (Wildman–Crippen MR) is 84.1 cm³/mol. The maximum atomic E-state index is 12.0. The minimum atomic E-state index is -0.263. The molecule has 1 saturated heterocycles. The third-order valence-corrected chi connectivity index (χ3v) is 4.21. The summed E-state index contributed by atoms with van der Waals surface area (Å²) in [5.41, 5.74) is 3.89. The van der Waals surface area contributed by atoms with Gasteiger partial charge in [0.05, 0.1) is 12.7 Å². The highest BCUT2D eigenvalue weighted by atomic mass is 16.5. The third kappa shape index (κ3) is 3.38. The molecule has 4 nitrogen and oxygen atoms in total. The smallest absolute Gasteiger partial charge is 0.338 e. The zero-order valence-corrected chi connectivity index (χ0v) is 13.4. The number of esters is 1. The first kappa shape index (κ1) is 15.8. The summed E-state index contributed by atoms with van der Waals surface area (Å²) in [5.74, 6) is -0.263. The number of hydrogen-bond acceptors (Lipinski definition) is 4. The van der Waals surface area contributed by atoms with Crippen molar-refractivity contribution in [2.45, 2.75) is 39.7 Å². The van der Waals surface area contributed by atoms with Crippen LogP contribution in [0.15, 0.2) is 12.1 Å². The van der Waals surface area contributed by atoms with Crippen LogP contribution in [0.25, 0.3) is 0 Å². The number of hydrogen-bond donors (Lipinski definition) is 0. The lowest BCUT2D eigenvalue weighted by Gasteiger charge is -2.36. The topological polar surface area (TPSA) is 38.8 Å². The Balaban J connectivity index is 2.40. The molecule has 1 fully saturated rings. The Hall–Kier alpha value is -1.55. The molecule has 1 aliphatic rings. The van der Waals surface area contributed by atoms with Crippen molar-refractivity contribution in [3.8, 4) is 0 Å². The average molecular weight is 291 g/mol. The van der Waals surface area contributed by atoms with E-state index in [4.69, 9.17) is 9.47 Å². The predicted octanol–water partition coefficient (Wildman–Crippen LogP) is 3.10. The number of carbonyl (C=O) groups excluding carboxylic acids is 1. The molecule has 0 atom stereocenters. The van der Waals surface area contributed by atoms with Crippen LogP contribution in [-0.4, -0.2) is 38.9 Å². The Labute approximate surface area is 127 Å². The molecule has 0 amide bonds. The maximum absolute atomic E-state index is 12.0. The van der Waals surface area contributed by atoms with Crippen molar-refractivity contribution in [1.82, 2.24) is 0 Å². The van der Waals surface area contributed by atoms with Gasteiger partial charge in [-0.25, -0.2) is 4.79 Å². The minimum absolute atomic E-state index is 0.263. The van der Waals surface area contributed by atoms with E-state index in [2.05, 4.69) is 17.9 Å². The van der Waals surface area contributed by atoms with Crippen molar-refractivity contribution in [3.63, 3.8) is 0 Å². The number of ether oxygens (including phenoxy) is 2. The Morgan fingerprint density at radius 1 is 1.33 bits per heavy atom. The molecule has 1 heterocycles. The highest BCUT2D eigenvalue weighted by molar-refractivity contribution is 5.93. The second kappa shape index (κ2) is 6.94. The van der Waals surface area contributed by atoms with Crippen molar-refractivity contribution in [2.24, 2.45) is 0 Å². The van der Waals surface area contributed by atoms with E-state index < -0.39 is 0 Å². The molecule has 1 aromatic carbocycles. The molecular formula is C17H25NO3. The van der Waals surface area contributed by atoms with Crippen LogP contribution in [0.4, 0.5) is 5.69 Å². The SMILES string of the molecule is CCN(c1cc(C)cc(C(=O)OC)c1C)C1CCOCC1. The van der Waals surface area contributed by atoms with E-state index in [0.29, 0.717) is 11.6 Å². The quantitative estimate of drug-likeness (QED) is 0.799. The molecule has 1 aromatic rings. The van der Waals surface area contributed by atoms with Gasteiger partial charge >= 0.3 is 5.97 Å². The van der Waals surface area contributed by atoms with Crippen LogP contribution >= 0.6 is 0 Å². The third-order valence-electron chi connectivity index (χ3n) is 4.21. The van der Waals surface area contributed by atoms with Crippen LogP contribution < -0.4 is 4.90 Å². The Morgan fingerprint density at radius 2 is 2.00 bits per heavy atom. The summed E-state index contributed by atoms with van der Waals surface area (Å²) in [5, 5.41) is 0. The van der Waals surface area contributed by atoms with Gasteiger partial charge in [-0.15, -0.1) is 0 Å². The van der Waals surface area contributed by atoms with E-state index in [9.17, 15) is 4.79 Å². The molecule has 2 rings (SSSR count). The van der Waals surface area contributed by atoms with Crippen LogP contribution in [0.3, 0.4) is 0 Å². The normalized spacial score (nSPS) is 15.8. The summed E-state index contributed by atoms with van der Waals surface area (Å²) in [6.45, 7) is 8.74. The lowest BCUT2D eigenvalue weighted by Crippen LogP contribution is -2.40. The van der Waals surface area contributed by atoms with Gasteiger partial charge in [-0.3, -0.25) is 0 Å². The van der Waals surface area contributed by atoms with Gasteiger partial charge < -0.3 is 14.4 Å². The van der Waals surface area contributed by atoms with Crippen LogP contribution in [-0.2, 0) is 9.47 Å². The summed E-state index contributed by atoms with van der Waals surface area (Å²) in [6.07, 6.45) is 2.07. The number of methoxy groups -OCH3 is 1. The molecule has 0 N–H and O–H groups in total. The number of aryl methyl sites for hydroxylation is 1. The van der Waals surface area contributed by atoms with Crippen LogP contribution in [0.5, 0.6) is 0 Å². The highest BCUT2D eigenvalue weighted by Crippen LogP contribution is 2.29. The molecule has 0 aliphatic carbocycles.